The monoisotopic (exact) mass is 390 g/mol. The Morgan fingerprint density at radius 1 is 1.17 bits per heavy atom. The van der Waals surface area contributed by atoms with Crippen molar-refractivity contribution in [3.8, 4) is 0 Å². The van der Waals surface area contributed by atoms with Crippen molar-refractivity contribution in [3.63, 3.8) is 0 Å². The Balaban J connectivity index is 1.40. The van der Waals surface area contributed by atoms with Gasteiger partial charge in [-0.25, -0.2) is 4.98 Å². The number of hydrogen-bond acceptors (Lipinski definition) is 5. The molecule has 0 bridgehead atoms. The molecule has 1 atom stereocenters. The fourth-order valence-electron chi connectivity index (χ4n) is 4.03. The summed E-state index contributed by atoms with van der Waals surface area (Å²) >= 11 is 0. The molecule has 0 spiro atoms. The normalized spacial score (nSPS) is 17.4. The smallest absolute Gasteiger partial charge is 0.133 e. The van der Waals surface area contributed by atoms with Crippen LogP contribution in [0.1, 0.15) is 48.2 Å². The van der Waals surface area contributed by atoms with Crippen LogP contribution >= 0.6 is 0 Å². The Labute approximate surface area is 173 Å². The van der Waals surface area contributed by atoms with Crippen molar-refractivity contribution in [2.45, 2.75) is 52.6 Å². The Morgan fingerprint density at radius 2 is 2.07 bits per heavy atom. The van der Waals surface area contributed by atoms with E-state index in [0.29, 0.717) is 5.92 Å². The number of pyridine rings is 2. The maximum Gasteiger partial charge on any atom is 0.133 e. The molecule has 0 aliphatic carbocycles. The van der Waals surface area contributed by atoms with Crippen LogP contribution in [0.15, 0.2) is 42.9 Å². The fourth-order valence-corrected chi connectivity index (χ4v) is 4.03. The first-order chi connectivity index (χ1) is 14.1. The molecule has 6 heteroatoms. The highest BCUT2D eigenvalue weighted by Gasteiger charge is 2.23. The second kappa shape index (κ2) is 8.74. The quantitative estimate of drug-likeness (QED) is 0.675. The Kier molecular flexibility index (Phi) is 5.90. The van der Waals surface area contributed by atoms with E-state index in [1.54, 1.807) is 6.20 Å². The van der Waals surface area contributed by atoms with Gasteiger partial charge in [0.1, 0.15) is 5.82 Å². The van der Waals surface area contributed by atoms with Crippen LogP contribution in [-0.2, 0) is 13.1 Å². The summed E-state index contributed by atoms with van der Waals surface area (Å²) in [7, 11) is 0. The number of aryl methyl sites for hydroxylation is 3. The number of aromatic nitrogens is 4. The molecule has 3 aromatic heterocycles. The lowest BCUT2D eigenvalue weighted by Gasteiger charge is -2.32. The fraction of sp³-hybridized carbons (Fsp3) is 0.435. The molecule has 6 nitrogen and oxygen atoms in total. The minimum Gasteiger partial charge on any atom is -0.339 e. The van der Waals surface area contributed by atoms with Crippen molar-refractivity contribution in [1.82, 2.24) is 24.6 Å². The van der Waals surface area contributed by atoms with Gasteiger partial charge in [0.15, 0.2) is 0 Å². The number of nitrogens with one attached hydrogen (secondary N) is 1. The molecule has 1 aliphatic rings. The third kappa shape index (κ3) is 4.65. The Hall–Kier alpha value is -2.73. The van der Waals surface area contributed by atoms with Gasteiger partial charge in [-0.05, 0) is 63.9 Å². The van der Waals surface area contributed by atoms with Gasteiger partial charge in [-0.2, -0.15) is 5.10 Å². The van der Waals surface area contributed by atoms with Crippen LogP contribution in [0.3, 0.4) is 0 Å². The van der Waals surface area contributed by atoms with Crippen molar-refractivity contribution in [2.75, 3.05) is 18.4 Å². The van der Waals surface area contributed by atoms with E-state index < -0.39 is 0 Å². The van der Waals surface area contributed by atoms with E-state index in [1.165, 1.54) is 24.1 Å². The summed E-state index contributed by atoms with van der Waals surface area (Å²) in [5.74, 6) is 1.37. The van der Waals surface area contributed by atoms with Crippen LogP contribution in [0, 0.1) is 13.8 Å². The minimum atomic E-state index is 0.482. The third-order valence-electron chi connectivity index (χ3n) is 5.75. The molecule has 0 saturated carbocycles. The van der Waals surface area contributed by atoms with Gasteiger partial charge in [0.05, 0.1) is 17.6 Å². The van der Waals surface area contributed by atoms with E-state index in [9.17, 15) is 0 Å². The van der Waals surface area contributed by atoms with Crippen molar-refractivity contribution < 1.29 is 0 Å². The van der Waals surface area contributed by atoms with Gasteiger partial charge in [-0.15, -0.1) is 0 Å². The van der Waals surface area contributed by atoms with E-state index >= 15 is 0 Å². The van der Waals surface area contributed by atoms with Gasteiger partial charge in [0, 0.05) is 49.2 Å². The lowest BCUT2D eigenvalue weighted by Crippen LogP contribution is -2.34. The SMILES string of the molecule is CCn1cc(CN2CCC[C@@H](c3ccc(Nc4ncccc4C)cn3)C2)c(C)n1. The molecule has 1 N–H and O–H groups in total. The number of hydrogen-bond donors (Lipinski definition) is 1. The van der Waals surface area contributed by atoms with Crippen LogP contribution in [0.25, 0.3) is 0 Å². The summed E-state index contributed by atoms with van der Waals surface area (Å²) in [6.07, 6.45) is 8.33. The maximum absolute atomic E-state index is 4.77. The average Bonchev–Trinajstić information content (AvgIpc) is 3.10. The first-order valence-corrected chi connectivity index (χ1v) is 10.5. The second-order valence-corrected chi connectivity index (χ2v) is 7.94. The average molecular weight is 391 g/mol. The number of anilines is 2. The molecule has 0 amide bonds. The molecule has 1 aliphatic heterocycles. The predicted octanol–water partition coefficient (Wildman–Crippen LogP) is 4.43. The topological polar surface area (TPSA) is 58.9 Å². The van der Waals surface area contributed by atoms with Crippen LogP contribution < -0.4 is 5.32 Å². The molecule has 0 aromatic carbocycles. The van der Waals surface area contributed by atoms with Crippen molar-refractivity contribution in [1.29, 1.82) is 0 Å². The van der Waals surface area contributed by atoms with Gasteiger partial charge in [-0.1, -0.05) is 6.07 Å². The van der Waals surface area contributed by atoms with E-state index in [1.807, 2.05) is 16.9 Å². The van der Waals surface area contributed by atoms with Gasteiger partial charge < -0.3 is 5.32 Å². The zero-order valence-corrected chi connectivity index (χ0v) is 17.6. The maximum atomic E-state index is 4.77. The van der Waals surface area contributed by atoms with Gasteiger partial charge in [0.25, 0.3) is 0 Å². The van der Waals surface area contributed by atoms with E-state index in [-0.39, 0.29) is 0 Å². The first kappa shape index (κ1) is 19.6. The summed E-state index contributed by atoms with van der Waals surface area (Å²) in [6, 6.07) is 8.28. The molecular formula is C23H30N6. The highest BCUT2D eigenvalue weighted by Crippen LogP contribution is 2.28. The van der Waals surface area contributed by atoms with Gasteiger partial charge in [-0.3, -0.25) is 14.6 Å². The van der Waals surface area contributed by atoms with Crippen LogP contribution in [-0.4, -0.2) is 37.7 Å². The van der Waals surface area contributed by atoms with E-state index in [4.69, 9.17) is 4.98 Å². The van der Waals surface area contributed by atoms with Crippen LogP contribution in [0.2, 0.25) is 0 Å². The largest absolute Gasteiger partial charge is 0.339 e. The number of piperidine rings is 1. The van der Waals surface area contributed by atoms with Crippen LogP contribution in [0.5, 0.6) is 0 Å². The Morgan fingerprint density at radius 3 is 2.79 bits per heavy atom. The molecule has 4 rings (SSSR count). The molecular weight excluding hydrogens is 360 g/mol. The molecule has 0 unspecified atom stereocenters. The lowest BCUT2D eigenvalue weighted by atomic mass is 9.94. The predicted molar refractivity (Wildman–Crippen MR) is 116 cm³/mol. The van der Waals surface area contributed by atoms with Crippen molar-refractivity contribution >= 4 is 11.5 Å². The lowest BCUT2D eigenvalue weighted by molar-refractivity contribution is 0.198. The zero-order chi connectivity index (χ0) is 20.2. The van der Waals surface area contributed by atoms with Gasteiger partial charge >= 0.3 is 0 Å². The highest BCUT2D eigenvalue weighted by atomic mass is 15.3. The van der Waals surface area contributed by atoms with Crippen LogP contribution in [0.4, 0.5) is 11.5 Å². The second-order valence-electron chi connectivity index (χ2n) is 7.94. The van der Waals surface area contributed by atoms with Crippen molar-refractivity contribution in [2.24, 2.45) is 0 Å². The number of likely N-dealkylation sites (tertiary alicyclic amines) is 1. The molecule has 29 heavy (non-hydrogen) atoms. The molecule has 4 heterocycles. The summed E-state index contributed by atoms with van der Waals surface area (Å²) in [5.41, 5.74) is 5.77. The Bertz CT molecular complexity index is 946. The zero-order valence-electron chi connectivity index (χ0n) is 17.6. The third-order valence-corrected chi connectivity index (χ3v) is 5.75. The molecule has 3 aromatic rings. The first-order valence-electron chi connectivity index (χ1n) is 10.5. The summed E-state index contributed by atoms with van der Waals surface area (Å²) in [6.45, 7) is 10.4. The van der Waals surface area contributed by atoms with Crippen molar-refractivity contribution in [3.05, 3.63) is 65.4 Å². The van der Waals surface area contributed by atoms with E-state index in [0.717, 1.165) is 48.9 Å². The summed E-state index contributed by atoms with van der Waals surface area (Å²) in [5, 5.41) is 7.95. The number of nitrogens with zero attached hydrogens (tertiary/aromatic N) is 5. The highest BCUT2D eigenvalue weighted by molar-refractivity contribution is 5.57. The van der Waals surface area contributed by atoms with E-state index in [2.05, 4.69) is 65.5 Å². The molecule has 152 valence electrons. The number of rotatable bonds is 6. The molecule has 0 radical (unpaired) electrons. The minimum absolute atomic E-state index is 0.482. The molecule has 1 saturated heterocycles. The summed E-state index contributed by atoms with van der Waals surface area (Å²) in [4.78, 5) is 11.7. The summed E-state index contributed by atoms with van der Waals surface area (Å²) < 4.78 is 2.03. The molecule has 1 fully saturated rings. The van der Waals surface area contributed by atoms with Gasteiger partial charge in [0.2, 0.25) is 0 Å². The standard InChI is InChI=1S/C23H30N6/c1-4-29-16-20(18(3)27-29)15-28-12-6-8-19(14-28)22-10-9-21(13-25-22)26-23-17(2)7-5-11-24-23/h5,7,9-11,13,16,19H,4,6,8,12,14-15H2,1-3H3,(H,24,26)/t19-/m1/s1.